The number of para-hydroxylation sites is 3. The lowest BCUT2D eigenvalue weighted by molar-refractivity contribution is -0.155. The lowest BCUT2D eigenvalue weighted by atomic mass is 9.88. The summed E-state index contributed by atoms with van der Waals surface area (Å²) in [5, 5.41) is 5.35. The quantitative estimate of drug-likeness (QED) is 0.539. The number of carbonyl (C=O) groups excluding carboxylic acids is 3. The van der Waals surface area contributed by atoms with Gasteiger partial charge in [-0.2, -0.15) is 0 Å². The van der Waals surface area contributed by atoms with Gasteiger partial charge in [-0.15, -0.1) is 0 Å². The number of benzene rings is 3. The van der Waals surface area contributed by atoms with E-state index in [4.69, 9.17) is 9.47 Å². The van der Waals surface area contributed by atoms with Crippen LogP contribution in [0, 0.1) is 13.8 Å². The number of hydrogen-bond donors (Lipinski definition) is 2. The fourth-order valence-corrected chi connectivity index (χ4v) is 3.97. The lowest BCUT2D eigenvalue weighted by Gasteiger charge is -2.27. The molecular weight excluding hydrogens is 432 g/mol. The molecule has 1 atom stereocenters. The molecule has 7 nitrogen and oxygen atoms in total. The molecule has 1 unspecified atom stereocenters. The van der Waals surface area contributed by atoms with Crippen LogP contribution in [0.25, 0.3) is 0 Å². The first-order valence-electron chi connectivity index (χ1n) is 11.0. The Morgan fingerprint density at radius 1 is 0.882 bits per heavy atom. The van der Waals surface area contributed by atoms with Gasteiger partial charge < -0.3 is 20.1 Å². The van der Waals surface area contributed by atoms with Gasteiger partial charge in [0, 0.05) is 16.8 Å². The van der Waals surface area contributed by atoms with Crippen molar-refractivity contribution in [3.8, 4) is 11.5 Å². The molecule has 0 radical (unpaired) electrons. The first-order chi connectivity index (χ1) is 16.3. The Morgan fingerprint density at radius 3 is 2.03 bits per heavy atom. The zero-order valence-corrected chi connectivity index (χ0v) is 19.3. The van der Waals surface area contributed by atoms with Crippen molar-refractivity contribution in [1.29, 1.82) is 0 Å². The van der Waals surface area contributed by atoms with Crippen LogP contribution in [-0.4, -0.2) is 30.4 Å². The first kappa shape index (κ1) is 23.0. The number of aryl methyl sites for hydroxylation is 2. The van der Waals surface area contributed by atoms with Crippen molar-refractivity contribution in [2.24, 2.45) is 0 Å². The van der Waals surface area contributed by atoms with Crippen LogP contribution in [0.15, 0.2) is 66.7 Å². The van der Waals surface area contributed by atoms with Crippen molar-refractivity contribution in [3.63, 3.8) is 0 Å². The number of hydrogen-bond acceptors (Lipinski definition) is 5. The highest BCUT2D eigenvalue weighted by atomic mass is 16.5. The fourth-order valence-electron chi connectivity index (χ4n) is 3.97. The summed E-state index contributed by atoms with van der Waals surface area (Å²) in [6, 6.07) is 20.2. The minimum Gasteiger partial charge on any atom is -0.457 e. The van der Waals surface area contributed by atoms with E-state index in [1.165, 1.54) is 6.92 Å². The van der Waals surface area contributed by atoms with Gasteiger partial charge in [0.2, 0.25) is 5.91 Å². The Bertz CT molecular complexity index is 1190. The summed E-state index contributed by atoms with van der Waals surface area (Å²) in [6.07, 6.45) is -1.08. The van der Waals surface area contributed by atoms with Gasteiger partial charge in [0.1, 0.15) is 17.4 Å². The molecule has 34 heavy (non-hydrogen) atoms. The second-order valence-corrected chi connectivity index (χ2v) is 8.22. The molecule has 174 valence electrons. The Balaban J connectivity index is 1.39. The molecule has 2 N–H and O–H groups in total. The second-order valence-electron chi connectivity index (χ2n) is 8.22. The van der Waals surface area contributed by atoms with Crippen LogP contribution in [0.1, 0.15) is 35.1 Å². The molecule has 0 saturated heterocycles. The van der Waals surface area contributed by atoms with E-state index in [-0.39, 0.29) is 12.5 Å². The molecule has 1 heterocycles. The van der Waals surface area contributed by atoms with E-state index in [1.54, 1.807) is 24.3 Å². The monoisotopic (exact) mass is 458 g/mol. The molecule has 3 aromatic carbocycles. The normalized spacial score (nSPS) is 13.0. The van der Waals surface area contributed by atoms with Gasteiger partial charge in [0.25, 0.3) is 5.91 Å². The summed E-state index contributed by atoms with van der Waals surface area (Å²) in [4.78, 5) is 38.0. The topological polar surface area (TPSA) is 93.7 Å². The van der Waals surface area contributed by atoms with Gasteiger partial charge in [-0.25, -0.2) is 0 Å². The SMILES string of the molecule is Cc1cccc(C)c1NC(=O)CNC(=O)C(C)OC(=O)C1c2ccccc2Oc2ccccc21. The Morgan fingerprint density at radius 2 is 1.44 bits per heavy atom. The number of anilines is 1. The minimum atomic E-state index is -1.08. The van der Waals surface area contributed by atoms with Crippen LogP contribution in [0.3, 0.4) is 0 Å². The molecule has 2 amide bonds. The molecule has 1 aliphatic heterocycles. The average molecular weight is 459 g/mol. The number of ether oxygens (including phenoxy) is 2. The van der Waals surface area contributed by atoms with E-state index >= 15 is 0 Å². The summed E-state index contributed by atoms with van der Waals surface area (Å²) in [6.45, 7) is 5.04. The first-order valence-corrected chi connectivity index (χ1v) is 11.0. The Hall–Kier alpha value is -4.13. The maximum Gasteiger partial charge on any atom is 0.318 e. The third kappa shape index (κ3) is 4.78. The Kier molecular flexibility index (Phi) is 6.63. The number of nitrogens with one attached hydrogen (secondary N) is 2. The van der Waals surface area contributed by atoms with Crippen molar-refractivity contribution in [3.05, 3.63) is 89.0 Å². The van der Waals surface area contributed by atoms with Gasteiger partial charge >= 0.3 is 5.97 Å². The van der Waals surface area contributed by atoms with Gasteiger partial charge in [-0.05, 0) is 44.0 Å². The minimum absolute atomic E-state index is 0.239. The van der Waals surface area contributed by atoms with Crippen LogP contribution in [0.5, 0.6) is 11.5 Å². The summed E-state index contributed by atoms with van der Waals surface area (Å²) in [7, 11) is 0. The molecule has 0 aliphatic carbocycles. The number of rotatable bonds is 6. The summed E-state index contributed by atoms with van der Waals surface area (Å²) < 4.78 is 11.4. The molecule has 0 bridgehead atoms. The predicted octanol–water partition coefficient (Wildman–Crippen LogP) is 4.23. The van der Waals surface area contributed by atoms with Crippen LogP contribution in [0.2, 0.25) is 0 Å². The second kappa shape index (κ2) is 9.79. The molecule has 0 fully saturated rings. The zero-order valence-electron chi connectivity index (χ0n) is 19.3. The third-order valence-corrected chi connectivity index (χ3v) is 5.75. The average Bonchev–Trinajstić information content (AvgIpc) is 2.83. The van der Waals surface area contributed by atoms with Crippen LogP contribution in [-0.2, 0) is 19.1 Å². The molecule has 3 aromatic rings. The van der Waals surface area contributed by atoms with Crippen molar-refractivity contribution < 1.29 is 23.9 Å². The Labute approximate surface area is 198 Å². The molecule has 0 aromatic heterocycles. The van der Waals surface area contributed by atoms with E-state index in [9.17, 15) is 14.4 Å². The molecule has 7 heteroatoms. The van der Waals surface area contributed by atoms with E-state index < -0.39 is 23.9 Å². The maximum atomic E-state index is 13.2. The summed E-state index contributed by atoms with van der Waals surface area (Å²) >= 11 is 0. The highest BCUT2D eigenvalue weighted by molar-refractivity contribution is 5.96. The molecule has 4 rings (SSSR count). The highest BCUT2D eigenvalue weighted by Crippen LogP contribution is 2.44. The van der Waals surface area contributed by atoms with E-state index in [2.05, 4.69) is 10.6 Å². The van der Waals surface area contributed by atoms with E-state index in [0.717, 1.165) is 16.8 Å². The van der Waals surface area contributed by atoms with Crippen molar-refractivity contribution >= 4 is 23.5 Å². The third-order valence-electron chi connectivity index (χ3n) is 5.75. The maximum absolute atomic E-state index is 13.2. The van der Waals surface area contributed by atoms with Crippen molar-refractivity contribution in [2.45, 2.75) is 32.8 Å². The van der Waals surface area contributed by atoms with Gasteiger partial charge in [-0.1, -0.05) is 54.6 Å². The standard InChI is InChI=1S/C27H26N2O5/c1-16-9-8-10-17(2)25(16)29-23(30)15-28-26(31)18(3)33-27(32)24-19-11-4-6-13-21(19)34-22-14-7-5-12-20(22)24/h4-14,18,24H,15H2,1-3H3,(H,28,31)(H,29,30). The summed E-state index contributed by atoms with van der Waals surface area (Å²) in [5.41, 5.74) is 3.93. The van der Waals surface area contributed by atoms with Crippen LogP contribution >= 0.6 is 0 Å². The van der Waals surface area contributed by atoms with E-state index in [1.807, 2.05) is 56.3 Å². The van der Waals surface area contributed by atoms with Crippen LogP contribution < -0.4 is 15.4 Å². The largest absolute Gasteiger partial charge is 0.457 e. The van der Waals surface area contributed by atoms with Gasteiger partial charge in [0.05, 0.1) is 6.54 Å². The fraction of sp³-hybridized carbons (Fsp3) is 0.222. The number of esters is 1. The number of carbonyl (C=O) groups is 3. The van der Waals surface area contributed by atoms with Crippen LogP contribution in [0.4, 0.5) is 5.69 Å². The highest BCUT2D eigenvalue weighted by Gasteiger charge is 2.35. The number of amides is 2. The van der Waals surface area contributed by atoms with Gasteiger partial charge in [-0.3, -0.25) is 14.4 Å². The van der Waals surface area contributed by atoms with E-state index in [0.29, 0.717) is 22.6 Å². The zero-order chi connectivity index (χ0) is 24.2. The molecule has 0 saturated carbocycles. The lowest BCUT2D eigenvalue weighted by Crippen LogP contribution is -2.41. The van der Waals surface area contributed by atoms with Crippen molar-refractivity contribution in [1.82, 2.24) is 5.32 Å². The summed E-state index contributed by atoms with van der Waals surface area (Å²) in [5.74, 6) is -1.06. The molecule has 1 aliphatic rings. The predicted molar refractivity (Wildman–Crippen MR) is 128 cm³/mol. The number of fused-ring (bicyclic) bond motifs is 2. The van der Waals surface area contributed by atoms with Crippen molar-refractivity contribution in [2.75, 3.05) is 11.9 Å². The smallest absolute Gasteiger partial charge is 0.318 e. The van der Waals surface area contributed by atoms with Gasteiger partial charge in [0.15, 0.2) is 6.10 Å². The molecule has 0 spiro atoms. The molecular formula is C27H26N2O5.